The van der Waals surface area contributed by atoms with Gasteiger partial charge in [0.05, 0.1) is 22.9 Å². The Morgan fingerprint density at radius 3 is 2.29 bits per heavy atom. The van der Waals surface area contributed by atoms with E-state index < -0.39 is 22.5 Å². The molecule has 3 aromatic carbocycles. The van der Waals surface area contributed by atoms with Crippen molar-refractivity contribution in [3.63, 3.8) is 0 Å². The number of hydrogen-bond acceptors (Lipinski definition) is 4. The summed E-state index contributed by atoms with van der Waals surface area (Å²) in [7, 11) is -3.97. The van der Waals surface area contributed by atoms with Crippen molar-refractivity contribution in [2.75, 3.05) is 22.8 Å². The molecule has 0 spiro atoms. The molecular weight excluding hydrogens is 480 g/mol. The van der Waals surface area contributed by atoms with Gasteiger partial charge < -0.3 is 10.1 Å². The lowest BCUT2D eigenvalue weighted by Gasteiger charge is -2.24. The first-order valence-corrected chi connectivity index (χ1v) is 11.9. The molecule has 0 aliphatic carbocycles. The number of nitrogens with zero attached hydrogens (tertiary/aromatic N) is 1. The zero-order chi connectivity index (χ0) is 22.4. The molecule has 0 saturated carbocycles. The Kier molecular flexibility index (Phi) is 7.35. The zero-order valence-electron chi connectivity index (χ0n) is 17.2. The number of benzene rings is 3. The predicted octanol–water partition coefficient (Wildman–Crippen LogP) is 4.99. The number of amides is 1. The van der Waals surface area contributed by atoms with Gasteiger partial charge in [0.15, 0.2) is 0 Å². The van der Waals surface area contributed by atoms with Crippen LogP contribution in [0.5, 0.6) is 5.75 Å². The maximum absolute atomic E-state index is 13.4. The summed E-state index contributed by atoms with van der Waals surface area (Å²) in [4.78, 5) is 13.0. The molecule has 0 aliphatic heterocycles. The largest absolute Gasteiger partial charge is 0.492 e. The monoisotopic (exact) mass is 502 g/mol. The van der Waals surface area contributed by atoms with Crippen LogP contribution in [0.3, 0.4) is 0 Å². The molecule has 8 heteroatoms. The van der Waals surface area contributed by atoms with Crippen LogP contribution in [-0.2, 0) is 14.8 Å². The molecule has 3 rings (SSSR count). The number of carbonyl (C=O) groups excluding carboxylic acids is 1. The molecule has 0 saturated heterocycles. The van der Waals surface area contributed by atoms with Crippen molar-refractivity contribution in [2.24, 2.45) is 0 Å². The van der Waals surface area contributed by atoms with Crippen molar-refractivity contribution in [1.29, 1.82) is 0 Å². The van der Waals surface area contributed by atoms with E-state index in [1.807, 2.05) is 13.8 Å². The van der Waals surface area contributed by atoms with Gasteiger partial charge in [-0.1, -0.05) is 45.8 Å². The second kappa shape index (κ2) is 9.98. The van der Waals surface area contributed by atoms with Crippen LogP contribution in [-0.4, -0.2) is 27.5 Å². The Hall–Kier alpha value is -2.84. The van der Waals surface area contributed by atoms with Crippen LogP contribution in [0.25, 0.3) is 0 Å². The number of halogens is 1. The highest BCUT2D eigenvalue weighted by Crippen LogP contribution is 2.27. The maximum atomic E-state index is 13.4. The van der Waals surface area contributed by atoms with Crippen LogP contribution in [0.1, 0.15) is 12.5 Å². The Morgan fingerprint density at radius 2 is 1.65 bits per heavy atom. The third-order valence-electron chi connectivity index (χ3n) is 4.47. The van der Waals surface area contributed by atoms with Crippen molar-refractivity contribution in [2.45, 2.75) is 18.7 Å². The average Bonchev–Trinajstić information content (AvgIpc) is 2.75. The molecular formula is C23H23BrN2O4S. The van der Waals surface area contributed by atoms with E-state index in [2.05, 4.69) is 21.2 Å². The van der Waals surface area contributed by atoms with Crippen LogP contribution >= 0.6 is 15.9 Å². The predicted molar refractivity (Wildman–Crippen MR) is 126 cm³/mol. The molecule has 31 heavy (non-hydrogen) atoms. The maximum Gasteiger partial charge on any atom is 0.264 e. The van der Waals surface area contributed by atoms with Gasteiger partial charge in [-0.25, -0.2) is 8.42 Å². The Bertz CT molecular complexity index is 1150. The number of rotatable bonds is 8. The standard InChI is InChI=1S/C23H23BrN2O4S/c1-3-30-22-7-5-4-6-21(22)25-23(27)16-26(19-12-10-18(24)11-13-19)31(28,29)20-14-8-17(2)9-15-20/h4-15H,3,16H2,1-2H3,(H,25,27). The van der Waals surface area contributed by atoms with Crippen molar-refractivity contribution in [3.05, 3.63) is 82.8 Å². The van der Waals surface area contributed by atoms with Gasteiger partial charge in [-0.3, -0.25) is 9.10 Å². The summed E-state index contributed by atoms with van der Waals surface area (Å²) in [6.07, 6.45) is 0. The van der Waals surface area contributed by atoms with Gasteiger partial charge >= 0.3 is 0 Å². The van der Waals surface area contributed by atoms with Crippen molar-refractivity contribution in [3.8, 4) is 5.75 Å². The second-order valence-corrected chi connectivity index (χ2v) is 9.56. The first-order valence-electron chi connectivity index (χ1n) is 9.68. The third-order valence-corrected chi connectivity index (χ3v) is 6.79. The molecule has 1 amide bonds. The highest BCUT2D eigenvalue weighted by atomic mass is 79.9. The molecule has 6 nitrogen and oxygen atoms in total. The van der Waals surface area contributed by atoms with E-state index in [-0.39, 0.29) is 4.90 Å². The molecule has 0 unspecified atom stereocenters. The number of ether oxygens (including phenoxy) is 1. The molecule has 0 aromatic heterocycles. The molecule has 0 aliphatic rings. The summed E-state index contributed by atoms with van der Waals surface area (Å²) in [6, 6.07) is 20.3. The minimum atomic E-state index is -3.97. The zero-order valence-corrected chi connectivity index (χ0v) is 19.6. The van der Waals surface area contributed by atoms with Crippen molar-refractivity contribution in [1.82, 2.24) is 0 Å². The lowest BCUT2D eigenvalue weighted by Crippen LogP contribution is -2.38. The number of sulfonamides is 1. The minimum Gasteiger partial charge on any atom is -0.492 e. The average molecular weight is 503 g/mol. The van der Waals surface area contributed by atoms with E-state index in [4.69, 9.17) is 4.74 Å². The number of hydrogen-bond donors (Lipinski definition) is 1. The van der Waals surface area contributed by atoms with Gasteiger partial charge in [-0.15, -0.1) is 0 Å². The quantitative estimate of drug-likeness (QED) is 0.470. The van der Waals surface area contributed by atoms with E-state index in [1.165, 1.54) is 0 Å². The van der Waals surface area contributed by atoms with Gasteiger partial charge in [0, 0.05) is 4.47 Å². The van der Waals surface area contributed by atoms with Crippen LogP contribution < -0.4 is 14.4 Å². The van der Waals surface area contributed by atoms with E-state index in [0.717, 1.165) is 14.3 Å². The molecule has 3 aromatic rings. The number of anilines is 2. The van der Waals surface area contributed by atoms with Gasteiger partial charge in [0.25, 0.3) is 10.0 Å². The van der Waals surface area contributed by atoms with Crippen LogP contribution in [0, 0.1) is 6.92 Å². The molecule has 1 N–H and O–H groups in total. The SMILES string of the molecule is CCOc1ccccc1NC(=O)CN(c1ccc(Br)cc1)S(=O)(=O)c1ccc(C)cc1. The van der Waals surface area contributed by atoms with Crippen LogP contribution in [0.2, 0.25) is 0 Å². The first kappa shape index (κ1) is 22.8. The van der Waals surface area contributed by atoms with Crippen LogP contribution in [0.15, 0.2) is 82.2 Å². The third kappa shape index (κ3) is 5.65. The second-order valence-electron chi connectivity index (χ2n) is 6.78. The van der Waals surface area contributed by atoms with Crippen molar-refractivity contribution >= 4 is 43.2 Å². The summed E-state index contributed by atoms with van der Waals surface area (Å²) in [5.74, 6) is 0.0423. The Balaban J connectivity index is 1.93. The highest BCUT2D eigenvalue weighted by molar-refractivity contribution is 9.10. The number of nitrogens with one attached hydrogen (secondary N) is 1. The number of carbonyl (C=O) groups is 1. The lowest BCUT2D eigenvalue weighted by molar-refractivity contribution is -0.114. The topological polar surface area (TPSA) is 75.7 Å². The fourth-order valence-corrected chi connectivity index (χ4v) is 4.62. The van der Waals surface area contributed by atoms with E-state index >= 15 is 0 Å². The summed E-state index contributed by atoms with van der Waals surface area (Å²) in [5, 5.41) is 2.76. The molecule has 0 heterocycles. The highest BCUT2D eigenvalue weighted by Gasteiger charge is 2.27. The molecule has 0 bridgehead atoms. The van der Waals surface area contributed by atoms with Gasteiger partial charge in [0.2, 0.25) is 5.91 Å². The Morgan fingerprint density at radius 1 is 1.00 bits per heavy atom. The lowest BCUT2D eigenvalue weighted by atomic mass is 10.2. The summed E-state index contributed by atoms with van der Waals surface area (Å²) in [5.41, 5.74) is 1.81. The van der Waals surface area contributed by atoms with E-state index in [0.29, 0.717) is 23.7 Å². The van der Waals surface area contributed by atoms with Crippen molar-refractivity contribution < 1.29 is 17.9 Å². The van der Waals surface area contributed by atoms with Gasteiger partial charge in [-0.2, -0.15) is 0 Å². The number of para-hydroxylation sites is 2. The molecule has 0 atom stereocenters. The minimum absolute atomic E-state index is 0.114. The summed E-state index contributed by atoms with van der Waals surface area (Å²) >= 11 is 3.35. The molecule has 162 valence electrons. The first-order chi connectivity index (χ1) is 14.8. The summed E-state index contributed by atoms with van der Waals surface area (Å²) in [6.45, 7) is 3.78. The molecule has 0 fully saturated rings. The fraction of sp³-hybridized carbons (Fsp3) is 0.174. The normalized spacial score (nSPS) is 11.1. The number of aryl methyl sites for hydroxylation is 1. The van der Waals surface area contributed by atoms with Gasteiger partial charge in [-0.05, 0) is 62.4 Å². The Labute approximate surface area is 191 Å². The smallest absolute Gasteiger partial charge is 0.264 e. The summed E-state index contributed by atoms with van der Waals surface area (Å²) < 4.78 is 34.2. The van der Waals surface area contributed by atoms with E-state index in [9.17, 15) is 13.2 Å². The van der Waals surface area contributed by atoms with Crippen LogP contribution in [0.4, 0.5) is 11.4 Å². The molecule has 0 radical (unpaired) electrons. The fourth-order valence-electron chi connectivity index (χ4n) is 2.93. The van der Waals surface area contributed by atoms with E-state index in [1.54, 1.807) is 72.8 Å². The van der Waals surface area contributed by atoms with Gasteiger partial charge in [0.1, 0.15) is 12.3 Å².